The maximum absolute atomic E-state index is 5.80. The minimum absolute atomic E-state index is 0.216. The average molecular weight is 283 g/mol. The zero-order valence-electron chi connectivity index (χ0n) is 11.3. The van der Waals surface area contributed by atoms with E-state index in [0.717, 1.165) is 16.8 Å². The lowest BCUT2D eigenvalue weighted by molar-refractivity contribution is 1.43. The quantitative estimate of drug-likeness (QED) is 0.445. The van der Waals surface area contributed by atoms with Crippen LogP contribution < -0.4 is 0 Å². The highest BCUT2D eigenvalue weighted by molar-refractivity contribution is 6.30. The summed E-state index contributed by atoms with van der Waals surface area (Å²) < 4.78 is 0. The Balaban J connectivity index is 2.42. The van der Waals surface area contributed by atoms with Crippen molar-refractivity contribution >= 4 is 23.1 Å². The monoisotopic (exact) mass is 282 g/mol. The molecule has 0 radical (unpaired) electrons. The van der Waals surface area contributed by atoms with E-state index < -0.39 is 0 Å². The normalized spacial score (nSPS) is 12.3. The second kappa shape index (κ2) is 6.83. The summed E-state index contributed by atoms with van der Waals surface area (Å²) in [6, 6.07) is 19.7. The van der Waals surface area contributed by atoms with Crippen molar-refractivity contribution in [2.75, 3.05) is 0 Å². The second-order valence-corrected chi connectivity index (χ2v) is 4.68. The maximum Gasteiger partial charge on any atom is 0.161 e. The summed E-state index contributed by atoms with van der Waals surface area (Å²) in [5.41, 5.74) is 2.84. The summed E-state index contributed by atoms with van der Waals surface area (Å²) in [5.74, 6) is 0.562. The molecular weight excluding hydrogens is 268 g/mol. The van der Waals surface area contributed by atoms with E-state index in [0.29, 0.717) is 5.84 Å². The molecule has 100 valence electrons. The Kier molecular flexibility index (Phi) is 4.85. The minimum Gasteiger partial charge on any atom is -0.233 e. The molecule has 0 aliphatic heterocycles. The van der Waals surface area contributed by atoms with Gasteiger partial charge in [0.1, 0.15) is 5.16 Å². The topological polar surface area (TPSA) is 24.7 Å². The highest BCUT2D eigenvalue weighted by Gasteiger charge is 2.04. The van der Waals surface area contributed by atoms with E-state index >= 15 is 0 Å². The third-order valence-corrected chi connectivity index (χ3v) is 2.81. The number of halogens is 1. The van der Waals surface area contributed by atoms with Crippen LogP contribution in [0.5, 0.6) is 0 Å². The van der Waals surface area contributed by atoms with Crippen LogP contribution in [-0.2, 0) is 0 Å². The van der Waals surface area contributed by atoms with Crippen molar-refractivity contribution in [3.63, 3.8) is 0 Å². The van der Waals surface area contributed by atoms with Crippen molar-refractivity contribution in [2.24, 2.45) is 9.98 Å². The molecule has 0 aliphatic carbocycles. The van der Waals surface area contributed by atoms with Crippen LogP contribution in [0, 0.1) is 0 Å². The maximum atomic E-state index is 5.80. The first-order chi connectivity index (χ1) is 9.66. The molecule has 0 N–H and O–H groups in total. The van der Waals surface area contributed by atoms with Gasteiger partial charge in [-0.3, -0.25) is 0 Å². The van der Waals surface area contributed by atoms with Crippen molar-refractivity contribution in [3.8, 4) is 0 Å². The predicted molar refractivity (Wildman–Crippen MR) is 86.6 cm³/mol. The molecule has 0 fully saturated rings. The molecule has 0 saturated heterocycles. The SMILES string of the molecule is C=C(Cl)N=C(N=C(C)c1ccccc1)c1ccccc1. The molecule has 0 aromatic heterocycles. The first-order valence-corrected chi connectivity index (χ1v) is 6.64. The Hall–Kier alpha value is -2.19. The van der Waals surface area contributed by atoms with Gasteiger partial charge >= 0.3 is 0 Å². The number of hydrogen-bond donors (Lipinski definition) is 0. The lowest BCUT2D eigenvalue weighted by Gasteiger charge is -2.04. The summed E-state index contributed by atoms with van der Waals surface area (Å²) in [6.45, 7) is 5.56. The van der Waals surface area contributed by atoms with Gasteiger partial charge in [0.2, 0.25) is 0 Å². The third kappa shape index (κ3) is 3.90. The zero-order chi connectivity index (χ0) is 14.4. The van der Waals surface area contributed by atoms with E-state index in [9.17, 15) is 0 Å². The van der Waals surface area contributed by atoms with Crippen LogP contribution in [0.4, 0.5) is 0 Å². The van der Waals surface area contributed by atoms with Crippen molar-refractivity contribution < 1.29 is 0 Å². The number of rotatable bonds is 3. The summed E-state index contributed by atoms with van der Waals surface area (Å²) in [6.07, 6.45) is 0. The molecule has 0 spiro atoms. The van der Waals surface area contributed by atoms with Crippen LogP contribution >= 0.6 is 11.6 Å². The van der Waals surface area contributed by atoms with Gasteiger partial charge in [-0.1, -0.05) is 78.8 Å². The van der Waals surface area contributed by atoms with Crippen molar-refractivity contribution in [1.82, 2.24) is 0 Å². The van der Waals surface area contributed by atoms with E-state index in [1.165, 1.54) is 0 Å². The van der Waals surface area contributed by atoms with Gasteiger partial charge in [0.25, 0.3) is 0 Å². The molecule has 0 atom stereocenters. The molecular formula is C17H15ClN2. The fourth-order valence-electron chi connectivity index (χ4n) is 1.76. The van der Waals surface area contributed by atoms with Gasteiger partial charge in [-0.15, -0.1) is 0 Å². The lowest BCUT2D eigenvalue weighted by atomic mass is 10.1. The van der Waals surface area contributed by atoms with Crippen LogP contribution in [0.25, 0.3) is 0 Å². The molecule has 0 amide bonds. The molecule has 0 heterocycles. The van der Waals surface area contributed by atoms with Crippen LogP contribution in [0.15, 0.2) is 82.4 Å². The van der Waals surface area contributed by atoms with Gasteiger partial charge in [0.15, 0.2) is 5.84 Å². The van der Waals surface area contributed by atoms with Crippen LogP contribution in [-0.4, -0.2) is 11.5 Å². The Labute approximate surface area is 124 Å². The van der Waals surface area contributed by atoms with Gasteiger partial charge in [-0.25, -0.2) is 9.98 Å². The Morgan fingerprint density at radius 2 is 1.35 bits per heavy atom. The lowest BCUT2D eigenvalue weighted by Crippen LogP contribution is -2.03. The number of hydrogen-bond acceptors (Lipinski definition) is 1. The highest BCUT2D eigenvalue weighted by Crippen LogP contribution is 2.10. The minimum atomic E-state index is 0.216. The van der Waals surface area contributed by atoms with Crippen molar-refractivity contribution in [2.45, 2.75) is 6.92 Å². The smallest absolute Gasteiger partial charge is 0.161 e. The Bertz CT molecular complexity index is 643. The number of amidine groups is 1. The van der Waals surface area contributed by atoms with Crippen LogP contribution in [0.2, 0.25) is 0 Å². The molecule has 2 nitrogen and oxygen atoms in total. The van der Waals surface area contributed by atoms with E-state index in [1.54, 1.807) is 0 Å². The second-order valence-electron chi connectivity index (χ2n) is 4.24. The summed E-state index contributed by atoms with van der Waals surface area (Å²) in [4.78, 5) is 8.79. The fourth-order valence-corrected chi connectivity index (χ4v) is 1.84. The molecule has 3 heteroatoms. The highest BCUT2D eigenvalue weighted by atomic mass is 35.5. The summed E-state index contributed by atoms with van der Waals surface area (Å²) >= 11 is 5.80. The first-order valence-electron chi connectivity index (χ1n) is 6.26. The zero-order valence-corrected chi connectivity index (χ0v) is 12.0. The largest absolute Gasteiger partial charge is 0.233 e. The van der Waals surface area contributed by atoms with Crippen molar-refractivity contribution in [1.29, 1.82) is 0 Å². The molecule has 2 aromatic rings. The van der Waals surface area contributed by atoms with Gasteiger partial charge in [0.05, 0.1) is 0 Å². The molecule has 20 heavy (non-hydrogen) atoms. The van der Waals surface area contributed by atoms with Crippen LogP contribution in [0.1, 0.15) is 18.1 Å². The van der Waals surface area contributed by atoms with Gasteiger partial charge in [-0.05, 0) is 12.5 Å². The van der Waals surface area contributed by atoms with E-state index in [1.807, 2.05) is 67.6 Å². The molecule has 2 aromatic carbocycles. The van der Waals surface area contributed by atoms with Gasteiger partial charge in [0, 0.05) is 11.3 Å². The predicted octanol–water partition coefficient (Wildman–Crippen LogP) is 4.65. The molecule has 0 saturated carbocycles. The number of aliphatic imine (C=N–C) groups is 2. The summed E-state index contributed by atoms with van der Waals surface area (Å²) in [7, 11) is 0. The van der Waals surface area contributed by atoms with E-state index in [4.69, 9.17) is 11.6 Å². The molecule has 0 aliphatic rings. The van der Waals surface area contributed by atoms with Crippen molar-refractivity contribution in [3.05, 3.63) is 83.5 Å². The van der Waals surface area contributed by atoms with Gasteiger partial charge in [-0.2, -0.15) is 0 Å². The fraction of sp³-hybridized carbons (Fsp3) is 0.0588. The third-order valence-electron chi connectivity index (χ3n) is 2.72. The molecule has 2 rings (SSSR count). The Morgan fingerprint density at radius 3 is 1.85 bits per heavy atom. The van der Waals surface area contributed by atoms with Crippen LogP contribution in [0.3, 0.4) is 0 Å². The molecule has 0 unspecified atom stereocenters. The summed E-state index contributed by atoms with van der Waals surface area (Å²) in [5, 5.41) is 0.216. The molecule has 0 bridgehead atoms. The standard InChI is InChI=1S/C17H15ClN2/c1-13(15-9-5-3-6-10-15)19-17(20-14(2)18)16-11-7-4-8-12-16/h3-12H,2H2,1H3. The first kappa shape index (κ1) is 14.2. The Morgan fingerprint density at radius 1 is 0.850 bits per heavy atom. The van der Waals surface area contributed by atoms with Gasteiger partial charge < -0.3 is 0 Å². The number of benzene rings is 2. The van der Waals surface area contributed by atoms with E-state index in [2.05, 4.69) is 16.6 Å². The number of nitrogens with zero attached hydrogens (tertiary/aromatic N) is 2. The average Bonchev–Trinajstić information content (AvgIpc) is 2.48. The van der Waals surface area contributed by atoms with E-state index in [-0.39, 0.29) is 5.16 Å².